The second kappa shape index (κ2) is 8.79. The minimum Gasteiger partial charge on any atom is -0.504 e. The van der Waals surface area contributed by atoms with E-state index < -0.39 is 5.91 Å². The van der Waals surface area contributed by atoms with E-state index in [0.29, 0.717) is 17.9 Å². The third kappa shape index (κ3) is 4.30. The van der Waals surface area contributed by atoms with Crippen LogP contribution in [0.15, 0.2) is 27.9 Å². The molecule has 2 aromatic heterocycles. The van der Waals surface area contributed by atoms with Crippen molar-refractivity contribution in [3.8, 4) is 17.3 Å². The molecular formula is C16H18N8O5. The van der Waals surface area contributed by atoms with Crippen LogP contribution in [-0.2, 0) is 11.3 Å². The lowest BCUT2D eigenvalue weighted by molar-refractivity contribution is 0.0944. The first-order valence-electron chi connectivity index (χ1n) is 8.36. The molecule has 3 aromatic rings. The Labute approximate surface area is 164 Å². The monoisotopic (exact) mass is 402 g/mol. The SMILES string of the molecule is CCOc1cc(C=NNC(=O)c2nnn(-c3nonc3N)c2COC)ccc1O. The highest BCUT2D eigenvalue weighted by Crippen LogP contribution is 2.26. The van der Waals surface area contributed by atoms with Crippen LogP contribution in [0.5, 0.6) is 11.5 Å². The highest BCUT2D eigenvalue weighted by molar-refractivity contribution is 5.94. The second-order valence-electron chi connectivity index (χ2n) is 5.56. The lowest BCUT2D eigenvalue weighted by Gasteiger charge is -2.06. The summed E-state index contributed by atoms with van der Waals surface area (Å²) in [6.45, 7) is 2.20. The van der Waals surface area contributed by atoms with Gasteiger partial charge in [-0.05, 0) is 41.0 Å². The lowest BCUT2D eigenvalue weighted by Crippen LogP contribution is -2.20. The van der Waals surface area contributed by atoms with Gasteiger partial charge in [-0.15, -0.1) is 5.10 Å². The van der Waals surface area contributed by atoms with Crippen LogP contribution in [0.1, 0.15) is 28.7 Å². The van der Waals surface area contributed by atoms with E-state index in [1.54, 1.807) is 19.1 Å². The lowest BCUT2D eigenvalue weighted by atomic mass is 10.2. The zero-order chi connectivity index (χ0) is 20.8. The van der Waals surface area contributed by atoms with E-state index in [1.807, 2.05) is 0 Å². The number of nitrogens with zero attached hydrogens (tertiary/aromatic N) is 6. The molecule has 29 heavy (non-hydrogen) atoms. The Morgan fingerprint density at radius 2 is 2.28 bits per heavy atom. The number of nitrogens with two attached hydrogens (primary N) is 1. The molecule has 4 N–H and O–H groups in total. The van der Waals surface area contributed by atoms with Crippen molar-refractivity contribution in [2.45, 2.75) is 13.5 Å². The third-order valence-electron chi connectivity index (χ3n) is 3.62. The van der Waals surface area contributed by atoms with Crippen LogP contribution in [0.2, 0.25) is 0 Å². The first kappa shape index (κ1) is 19.8. The van der Waals surface area contributed by atoms with Crippen molar-refractivity contribution in [3.05, 3.63) is 35.2 Å². The van der Waals surface area contributed by atoms with Gasteiger partial charge in [-0.1, -0.05) is 5.21 Å². The number of hydrogen-bond acceptors (Lipinski definition) is 11. The second-order valence-corrected chi connectivity index (χ2v) is 5.56. The van der Waals surface area contributed by atoms with Crippen LogP contribution in [0, 0.1) is 0 Å². The summed E-state index contributed by atoms with van der Waals surface area (Å²) < 4.78 is 16.1. The molecule has 0 radical (unpaired) electrons. The quantitative estimate of drug-likeness (QED) is 0.349. The average Bonchev–Trinajstić information content (AvgIpc) is 3.30. The Morgan fingerprint density at radius 3 is 2.97 bits per heavy atom. The highest BCUT2D eigenvalue weighted by atomic mass is 16.6. The van der Waals surface area contributed by atoms with Gasteiger partial charge in [0.25, 0.3) is 5.91 Å². The van der Waals surface area contributed by atoms with E-state index in [0.717, 1.165) is 0 Å². The number of rotatable bonds is 8. The summed E-state index contributed by atoms with van der Waals surface area (Å²) in [4.78, 5) is 12.5. The average molecular weight is 402 g/mol. The molecule has 0 bridgehead atoms. The van der Waals surface area contributed by atoms with Crippen LogP contribution in [-0.4, -0.2) is 56.3 Å². The minimum absolute atomic E-state index is 0.00143. The Morgan fingerprint density at radius 1 is 1.45 bits per heavy atom. The molecule has 13 heteroatoms. The summed E-state index contributed by atoms with van der Waals surface area (Å²) in [5.41, 5.74) is 8.87. The Kier molecular flexibility index (Phi) is 5.99. The number of nitrogen functional groups attached to an aromatic ring is 1. The molecule has 152 valence electrons. The van der Waals surface area contributed by atoms with Crippen molar-refractivity contribution >= 4 is 17.9 Å². The molecule has 1 aromatic carbocycles. The fourth-order valence-electron chi connectivity index (χ4n) is 2.35. The predicted molar refractivity (Wildman–Crippen MR) is 98.7 cm³/mol. The molecule has 3 rings (SSSR count). The zero-order valence-electron chi connectivity index (χ0n) is 15.6. The van der Waals surface area contributed by atoms with E-state index in [-0.39, 0.29) is 35.4 Å². The number of aromatic nitrogens is 5. The van der Waals surface area contributed by atoms with E-state index in [4.69, 9.17) is 15.2 Å². The maximum Gasteiger partial charge on any atom is 0.293 e. The molecule has 0 aliphatic carbocycles. The number of ether oxygens (including phenoxy) is 2. The number of nitrogens with one attached hydrogen (secondary N) is 1. The van der Waals surface area contributed by atoms with Crippen molar-refractivity contribution in [3.63, 3.8) is 0 Å². The van der Waals surface area contributed by atoms with Crippen molar-refractivity contribution in [1.82, 2.24) is 30.7 Å². The van der Waals surface area contributed by atoms with Gasteiger partial charge in [-0.2, -0.15) is 9.78 Å². The normalized spacial score (nSPS) is 11.1. The number of anilines is 1. The molecule has 2 heterocycles. The van der Waals surface area contributed by atoms with E-state index in [1.165, 1.54) is 24.1 Å². The molecule has 0 aliphatic heterocycles. The van der Waals surface area contributed by atoms with Crippen molar-refractivity contribution < 1.29 is 24.0 Å². The largest absolute Gasteiger partial charge is 0.504 e. The van der Waals surface area contributed by atoms with Crippen LogP contribution < -0.4 is 15.9 Å². The van der Waals surface area contributed by atoms with Crippen molar-refractivity contribution in [2.24, 2.45) is 5.10 Å². The number of hydrogen-bond donors (Lipinski definition) is 3. The summed E-state index contributed by atoms with van der Waals surface area (Å²) in [6, 6.07) is 4.66. The van der Waals surface area contributed by atoms with Gasteiger partial charge < -0.3 is 20.3 Å². The van der Waals surface area contributed by atoms with Crippen molar-refractivity contribution in [1.29, 1.82) is 0 Å². The maximum absolute atomic E-state index is 12.5. The number of hydrazone groups is 1. The van der Waals surface area contributed by atoms with Gasteiger partial charge in [-0.25, -0.2) is 10.1 Å². The topological polar surface area (TPSA) is 176 Å². The molecule has 0 aliphatic rings. The number of carbonyl (C=O) groups excluding carboxylic acids is 1. The molecule has 0 unspecified atom stereocenters. The molecular weight excluding hydrogens is 384 g/mol. The molecule has 0 atom stereocenters. The van der Waals surface area contributed by atoms with Crippen LogP contribution >= 0.6 is 0 Å². The Balaban J connectivity index is 1.77. The van der Waals surface area contributed by atoms with Gasteiger partial charge in [-0.3, -0.25) is 4.79 Å². The van der Waals surface area contributed by atoms with Gasteiger partial charge in [0.1, 0.15) is 5.69 Å². The molecule has 0 saturated heterocycles. The van der Waals surface area contributed by atoms with Crippen LogP contribution in [0.4, 0.5) is 5.82 Å². The smallest absolute Gasteiger partial charge is 0.293 e. The van der Waals surface area contributed by atoms with Crippen LogP contribution in [0.3, 0.4) is 0 Å². The number of carbonyl (C=O) groups is 1. The van der Waals surface area contributed by atoms with E-state index in [2.05, 4.69) is 35.8 Å². The number of methoxy groups -OCH3 is 1. The highest BCUT2D eigenvalue weighted by Gasteiger charge is 2.23. The summed E-state index contributed by atoms with van der Waals surface area (Å²) >= 11 is 0. The molecule has 1 amide bonds. The summed E-state index contributed by atoms with van der Waals surface area (Å²) in [5.74, 6) is -0.241. The van der Waals surface area contributed by atoms with Gasteiger partial charge in [0.2, 0.25) is 11.6 Å². The first-order valence-corrected chi connectivity index (χ1v) is 8.36. The van der Waals surface area contributed by atoms with Gasteiger partial charge in [0.15, 0.2) is 17.2 Å². The summed E-state index contributed by atoms with van der Waals surface area (Å²) in [7, 11) is 1.45. The maximum atomic E-state index is 12.5. The fraction of sp³-hybridized carbons (Fsp3) is 0.250. The summed E-state index contributed by atoms with van der Waals surface area (Å²) in [5, 5.41) is 28.4. The fourth-order valence-corrected chi connectivity index (χ4v) is 2.35. The van der Waals surface area contributed by atoms with Gasteiger partial charge in [0, 0.05) is 7.11 Å². The van der Waals surface area contributed by atoms with Gasteiger partial charge >= 0.3 is 0 Å². The minimum atomic E-state index is -0.626. The molecule has 0 saturated carbocycles. The summed E-state index contributed by atoms with van der Waals surface area (Å²) in [6.07, 6.45) is 1.39. The van der Waals surface area contributed by atoms with E-state index >= 15 is 0 Å². The van der Waals surface area contributed by atoms with Gasteiger partial charge in [0.05, 0.1) is 19.4 Å². The third-order valence-corrected chi connectivity index (χ3v) is 3.62. The Hall–Kier alpha value is -4.00. The van der Waals surface area contributed by atoms with Crippen molar-refractivity contribution in [2.75, 3.05) is 19.5 Å². The zero-order valence-corrected chi connectivity index (χ0v) is 15.6. The molecule has 13 nitrogen and oxygen atoms in total. The Bertz CT molecular complexity index is 1030. The number of phenolic OH excluding ortho intramolecular Hbond substituents is 1. The predicted octanol–water partition coefficient (Wildman–Crippen LogP) is 0.247. The molecule has 0 spiro atoms. The number of phenols is 1. The van der Waals surface area contributed by atoms with Crippen LogP contribution in [0.25, 0.3) is 5.82 Å². The number of benzene rings is 1. The number of amides is 1. The first-order chi connectivity index (χ1) is 14.0. The molecule has 0 fully saturated rings. The van der Waals surface area contributed by atoms with E-state index in [9.17, 15) is 9.90 Å². The standard InChI is InChI=1S/C16H18N8O5/c1-3-28-12-6-9(4-5-11(12)25)7-18-20-16(26)13-10(8-27-2)24(23-19-13)15-14(17)21-29-22-15/h4-7,25H,3,8H2,1-2H3,(H2,17,21)(H,20,26). The number of aromatic hydroxyl groups is 1.